The van der Waals surface area contributed by atoms with Gasteiger partial charge in [-0.25, -0.2) is 0 Å². The van der Waals surface area contributed by atoms with Gasteiger partial charge in [0, 0.05) is 25.5 Å². The van der Waals surface area contributed by atoms with E-state index in [1.807, 2.05) is 6.08 Å². The summed E-state index contributed by atoms with van der Waals surface area (Å²) in [6.45, 7) is 8.64. The number of ether oxygens (including phenoxy) is 1. The molecular weight excluding hydrogens is 176 g/mol. The first-order valence-corrected chi connectivity index (χ1v) is 4.97. The number of rotatable bonds is 9. The van der Waals surface area contributed by atoms with E-state index in [9.17, 15) is 0 Å². The molecular formula is C11H20N2O. The Morgan fingerprint density at radius 3 is 3.00 bits per heavy atom. The summed E-state index contributed by atoms with van der Waals surface area (Å²) in [5.74, 6) is 0. The minimum Gasteiger partial charge on any atom is -0.376 e. The second kappa shape index (κ2) is 12.1. The molecule has 0 unspecified atom stereocenters. The van der Waals surface area contributed by atoms with E-state index in [0.29, 0.717) is 6.61 Å². The molecule has 0 aliphatic carbocycles. The molecule has 0 radical (unpaired) electrons. The summed E-state index contributed by atoms with van der Waals surface area (Å²) in [4.78, 5) is 3.85. The molecule has 0 aromatic carbocycles. The molecule has 0 amide bonds. The molecule has 0 rings (SSSR count). The van der Waals surface area contributed by atoms with E-state index in [1.54, 1.807) is 6.21 Å². The topological polar surface area (TPSA) is 33.6 Å². The number of aliphatic imine (C=N–C) groups is 1. The lowest BCUT2D eigenvalue weighted by molar-refractivity contribution is 0.165. The smallest absolute Gasteiger partial charge is 0.0648 e. The van der Waals surface area contributed by atoms with Crippen molar-refractivity contribution in [2.24, 2.45) is 4.99 Å². The highest BCUT2D eigenvalue weighted by Crippen LogP contribution is 1.80. The van der Waals surface area contributed by atoms with Gasteiger partial charge in [0.2, 0.25) is 0 Å². The van der Waals surface area contributed by atoms with E-state index < -0.39 is 0 Å². The van der Waals surface area contributed by atoms with Crippen LogP contribution in [0, 0.1) is 0 Å². The molecule has 0 bridgehead atoms. The zero-order valence-corrected chi connectivity index (χ0v) is 8.91. The van der Waals surface area contributed by atoms with Crippen LogP contribution in [0.5, 0.6) is 0 Å². The zero-order valence-electron chi connectivity index (χ0n) is 8.91. The van der Waals surface area contributed by atoms with Crippen molar-refractivity contribution in [3.8, 4) is 0 Å². The van der Waals surface area contributed by atoms with Gasteiger partial charge in [-0.3, -0.25) is 4.99 Å². The van der Waals surface area contributed by atoms with E-state index in [-0.39, 0.29) is 0 Å². The molecule has 80 valence electrons. The highest BCUT2D eigenvalue weighted by Gasteiger charge is 1.84. The summed E-state index contributed by atoms with van der Waals surface area (Å²) >= 11 is 0. The van der Waals surface area contributed by atoms with Crippen LogP contribution < -0.4 is 5.32 Å². The normalized spacial score (nSPS) is 11.5. The predicted molar refractivity (Wildman–Crippen MR) is 61.8 cm³/mol. The molecule has 1 N–H and O–H groups in total. The van der Waals surface area contributed by atoms with Gasteiger partial charge < -0.3 is 10.1 Å². The Kier molecular flexibility index (Phi) is 11.3. The van der Waals surface area contributed by atoms with Crippen LogP contribution in [0.2, 0.25) is 0 Å². The molecule has 0 saturated carbocycles. The molecule has 0 aromatic heterocycles. The lowest BCUT2D eigenvalue weighted by Crippen LogP contribution is -2.21. The van der Waals surface area contributed by atoms with Crippen LogP contribution in [0.25, 0.3) is 0 Å². The van der Waals surface area contributed by atoms with Crippen LogP contribution in [-0.4, -0.2) is 32.5 Å². The summed E-state index contributed by atoms with van der Waals surface area (Å²) in [7, 11) is 0. The highest BCUT2D eigenvalue weighted by molar-refractivity contribution is 5.60. The van der Waals surface area contributed by atoms with Gasteiger partial charge in [-0.15, -0.1) is 0 Å². The maximum absolute atomic E-state index is 5.33. The molecule has 0 fully saturated rings. The fraction of sp³-hybridized carbons (Fsp3) is 0.545. The van der Waals surface area contributed by atoms with Crippen molar-refractivity contribution in [2.45, 2.75) is 13.3 Å². The SMILES string of the molecule is C=C/N=C\CNCCOC/C=C/CC. The molecule has 0 aliphatic rings. The van der Waals surface area contributed by atoms with Crippen LogP contribution in [0.1, 0.15) is 13.3 Å². The third kappa shape index (κ3) is 11.1. The van der Waals surface area contributed by atoms with Crippen LogP contribution in [0.4, 0.5) is 0 Å². The molecule has 14 heavy (non-hydrogen) atoms. The minimum absolute atomic E-state index is 0.705. The fourth-order valence-corrected chi connectivity index (χ4v) is 0.824. The Balaban J connectivity index is 3.02. The predicted octanol–water partition coefficient (Wildman–Crippen LogP) is 1.77. The van der Waals surface area contributed by atoms with Gasteiger partial charge in [-0.1, -0.05) is 25.7 Å². The first kappa shape index (κ1) is 13.1. The Hall–Kier alpha value is -0.930. The Labute approximate surface area is 86.6 Å². The summed E-state index contributed by atoms with van der Waals surface area (Å²) in [6.07, 6.45) is 8.51. The molecule has 0 spiro atoms. The average molecular weight is 196 g/mol. The lowest BCUT2D eigenvalue weighted by atomic mass is 10.4. The number of hydrogen-bond acceptors (Lipinski definition) is 3. The highest BCUT2D eigenvalue weighted by atomic mass is 16.5. The second-order valence-electron chi connectivity index (χ2n) is 2.67. The quantitative estimate of drug-likeness (QED) is 0.346. The maximum atomic E-state index is 5.33. The number of hydrogen-bond donors (Lipinski definition) is 1. The molecule has 0 aliphatic heterocycles. The number of nitrogens with zero attached hydrogens (tertiary/aromatic N) is 1. The molecule has 0 aromatic rings. The number of allylic oxidation sites excluding steroid dienone is 1. The van der Waals surface area contributed by atoms with Crippen molar-refractivity contribution < 1.29 is 4.74 Å². The van der Waals surface area contributed by atoms with Gasteiger partial charge in [0.15, 0.2) is 0 Å². The largest absolute Gasteiger partial charge is 0.376 e. The summed E-state index contributed by atoms with van der Waals surface area (Å²) in [5.41, 5.74) is 0. The van der Waals surface area contributed by atoms with Gasteiger partial charge in [0.1, 0.15) is 0 Å². The van der Waals surface area contributed by atoms with Crippen molar-refractivity contribution in [1.82, 2.24) is 5.32 Å². The van der Waals surface area contributed by atoms with Gasteiger partial charge in [0.25, 0.3) is 0 Å². The van der Waals surface area contributed by atoms with E-state index in [4.69, 9.17) is 4.74 Å². The van der Waals surface area contributed by atoms with Crippen LogP contribution in [0.15, 0.2) is 29.9 Å². The van der Waals surface area contributed by atoms with Crippen molar-refractivity contribution in [3.05, 3.63) is 24.9 Å². The maximum Gasteiger partial charge on any atom is 0.0648 e. The van der Waals surface area contributed by atoms with Crippen molar-refractivity contribution in [2.75, 3.05) is 26.3 Å². The van der Waals surface area contributed by atoms with Crippen LogP contribution >= 0.6 is 0 Å². The lowest BCUT2D eigenvalue weighted by Gasteiger charge is -2.01. The molecule has 3 heteroatoms. The molecule has 3 nitrogen and oxygen atoms in total. The van der Waals surface area contributed by atoms with E-state index in [0.717, 1.165) is 26.1 Å². The van der Waals surface area contributed by atoms with Crippen LogP contribution in [0.3, 0.4) is 0 Å². The fourth-order valence-electron chi connectivity index (χ4n) is 0.824. The Morgan fingerprint density at radius 1 is 1.43 bits per heavy atom. The Bertz CT molecular complexity index is 176. The minimum atomic E-state index is 0.705. The van der Waals surface area contributed by atoms with E-state index in [2.05, 4.69) is 29.9 Å². The molecule has 0 saturated heterocycles. The zero-order chi connectivity index (χ0) is 10.5. The number of nitrogens with one attached hydrogen (secondary N) is 1. The van der Waals surface area contributed by atoms with Crippen molar-refractivity contribution >= 4 is 6.21 Å². The van der Waals surface area contributed by atoms with Gasteiger partial charge >= 0.3 is 0 Å². The van der Waals surface area contributed by atoms with E-state index >= 15 is 0 Å². The summed E-state index contributed by atoms with van der Waals surface area (Å²) in [6, 6.07) is 0. The van der Waals surface area contributed by atoms with Crippen LogP contribution in [-0.2, 0) is 4.74 Å². The van der Waals surface area contributed by atoms with Crippen molar-refractivity contribution in [3.63, 3.8) is 0 Å². The molecule has 0 heterocycles. The summed E-state index contributed by atoms with van der Waals surface area (Å²) < 4.78 is 5.33. The average Bonchev–Trinajstić information content (AvgIpc) is 2.21. The van der Waals surface area contributed by atoms with Gasteiger partial charge in [0.05, 0.1) is 13.2 Å². The first-order chi connectivity index (χ1) is 6.91. The third-order valence-electron chi connectivity index (χ3n) is 1.49. The van der Waals surface area contributed by atoms with E-state index in [1.165, 1.54) is 6.20 Å². The monoisotopic (exact) mass is 196 g/mol. The van der Waals surface area contributed by atoms with Crippen molar-refractivity contribution in [1.29, 1.82) is 0 Å². The van der Waals surface area contributed by atoms with Gasteiger partial charge in [-0.05, 0) is 6.42 Å². The second-order valence-corrected chi connectivity index (χ2v) is 2.67. The van der Waals surface area contributed by atoms with Gasteiger partial charge in [-0.2, -0.15) is 0 Å². The summed E-state index contributed by atoms with van der Waals surface area (Å²) in [5, 5.41) is 3.16. The standard InChI is InChI=1S/C11H20N2O/c1-3-5-6-10-14-11-9-13-8-7-12-4-2/h4-7,13H,2-3,8-11H2,1H3/b6-5+,12-7-. The Morgan fingerprint density at radius 2 is 2.29 bits per heavy atom. The first-order valence-electron chi connectivity index (χ1n) is 4.97. The molecule has 0 atom stereocenters. The third-order valence-corrected chi connectivity index (χ3v) is 1.49.